The largest absolute Gasteiger partial charge is 0.429 e. The van der Waals surface area contributed by atoms with Crippen molar-refractivity contribution in [1.29, 1.82) is 0 Å². The third kappa shape index (κ3) is 14.1. The molecule has 23 heavy (non-hydrogen) atoms. The van der Waals surface area contributed by atoms with Crippen LogP contribution >= 0.6 is 0 Å². The monoisotopic (exact) mass is 728 g/mol. The van der Waals surface area contributed by atoms with Crippen LogP contribution in [0.1, 0.15) is 20.8 Å². The summed E-state index contributed by atoms with van der Waals surface area (Å²) in [5.41, 5.74) is 0.950. The summed E-state index contributed by atoms with van der Waals surface area (Å²) in [4.78, 5) is 11.8. The van der Waals surface area contributed by atoms with Crippen molar-refractivity contribution >= 4 is 18.3 Å². The molecule has 123 valence electrons. The van der Waals surface area contributed by atoms with Crippen LogP contribution in [0.2, 0.25) is 0 Å². The van der Waals surface area contributed by atoms with Gasteiger partial charge < -0.3 is 15.1 Å². The number of amides is 1. The van der Waals surface area contributed by atoms with E-state index in [0.717, 1.165) is 0 Å². The summed E-state index contributed by atoms with van der Waals surface area (Å²) in [7, 11) is 0. The molecule has 0 fully saturated rings. The van der Waals surface area contributed by atoms with Gasteiger partial charge in [-0.1, -0.05) is 32.2 Å². The summed E-state index contributed by atoms with van der Waals surface area (Å²) in [6.45, 7) is 14.4. The van der Waals surface area contributed by atoms with Gasteiger partial charge in [-0.2, -0.15) is 42.0 Å². The molecule has 0 saturated heterocycles. The summed E-state index contributed by atoms with van der Waals surface area (Å²) >= 11 is 0. The maximum atomic E-state index is 11.8. The number of rotatable bonds is 6. The topological polar surface area (TPSA) is 44.7 Å². The van der Waals surface area contributed by atoms with Crippen molar-refractivity contribution in [3.05, 3.63) is 61.3 Å². The van der Waals surface area contributed by atoms with Crippen molar-refractivity contribution in [2.75, 3.05) is 5.32 Å². The minimum absolute atomic E-state index is 0. The molecule has 0 spiro atoms. The molecule has 1 aromatic rings. The minimum atomic E-state index is -0.298. The standard InChI is InChI=1S/C14H15N3O.C2H6.2W.Y/c1-4-10-17(15-3)11-12(2)14(18)16-13-8-6-5-7-9-13;1-2;;;/h4-6,8-11H,2-3H2,1H3,(H,16,18);1-2H3;;;/q-2;;;;/b10-4-;;;;. The number of nitrogens with zero attached hydrogens (tertiary/aromatic N) is 2. The quantitative estimate of drug-likeness (QED) is 0.211. The second-order valence-corrected chi connectivity index (χ2v) is 3.40. The van der Waals surface area contributed by atoms with Crippen molar-refractivity contribution in [2.24, 2.45) is 5.10 Å². The Bertz CT molecular complexity index is 468. The van der Waals surface area contributed by atoms with Crippen molar-refractivity contribution in [3.63, 3.8) is 0 Å². The molecule has 1 N–H and O–H groups in total. The molecule has 0 aliphatic carbocycles. The zero-order chi connectivity index (χ0) is 15.4. The fourth-order valence-electron chi connectivity index (χ4n) is 1.18. The normalized spacial score (nSPS) is 7.96. The SMILES string of the molecule is C=NN(/C=C\C)[CH-]C(=C)C(=O)Nc1c[c-]ccc1.CC.[W].[W].[Y]. The number of carbonyl (C=O) groups is 1. The third-order valence-corrected chi connectivity index (χ3v) is 2.01. The summed E-state index contributed by atoms with van der Waals surface area (Å²) in [5.74, 6) is -0.298. The van der Waals surface area contributed by atoms with Gasteiger partial charge in [0.2, 0.25) is 0 Å². The molecule has 0 atom stereocenters. The number of hydrazone groups is 1. The Morgan fingerprint density at radius 1 is 1.43 bits per heavy atom. The Labute approximate surface area is 193 Å². The van der Waals surface area contributed by atoms with Gasteiger partial charge in [-0.05, 0) is 6.92 Å². The third-order valence-electron chi connectivity index (χ3n) is 2.01. The molecule has 7 heteroatoms. The number of nitrogens with one attached hydrogen (secondary N) is 1. The van der Waals surface area contributed by atoms with Crippen LogP contribution in [0.5, 0.6) is 0 Å². The Morgan fingerprint density at radius 2 is 2.04 bits per heavy atom. The number of allylic oxidation sites excluding steroid dienone is 1. The van der Waals surface area contributed by atoms with Crippen LogP contribution in [0.25, 0.3) is 0 Å². The van der Waals surface area contributed by atoms with Gasteiger partial charge in [-0.3, -0.25) is 0 Å². The maximum absolute atomic E-state index is 11.8. The molecule has 1 rings (SSSR count). The van der Waals surface area contributed by atoms with E-state index < -0.39 is 0 Å². The average molecular weight is 728 g/mol. The van der Waals surface area contributed by atoms with Crippen LogP contribution in [0.4, 0.5) is 5.69 Å². The predicted octanol–water partition coefficient (Wildman–Crippen LogP) is 3.61. The fraction of sp³-hybridized carbons (Fsp3) is 0.188. The van der Waals surface area contributed by atoms with E-state index in [1.54, 1.807) is 36.5 Å². The molecule has 0 aliphatic heterocycles. The number of anilines is 1. The van der Waals surface area contributed by atoms with Crippen LogP contribution in [-0.4, -0.2) is 17.6 Å². The first kappa shape index (κ1) is 30.8. The van der Waals surface area contributed by atoms with E-state index in [-0.39, 0.29) is 86.3 Å². The molecule has 0 saturated carbocycles. The maximum Gasteiger partial charge on any atom is 0.130 e. The summed E-state index contributed by atoms with van der Waals surface area (Å²) in [5, 5.41) is 7.82. The first-order valence-electron chi connectivity index (χ1n) is 6.36. The van der Waals surface area contributed by atoms with E-state index in [1.807, 2.05) is 20.8 Å². The van der Waals surface area contributed by atoms with Gasteiger partial charge in [-0.25, -0.2) is 0 Å². The zero-order valence-electron chi connectivity index (χ0n) is 13.7. The van der Waals surface area contributed by atoms with Gasteiger partial charge >= 0.3 is 0 Å². The number of hydrogen-bond acceptors (Lipinski definition) is 3. The summed E-state index contributed by atoms with van der Waals surface area (Å²) < 4.78 is 0. The number of benzene rings is 1. The number of carbonyl (C=O) groups excluding carboxylic acids is 1. The van der Waals surface area contributed by atoms with Crippen molar-refractivity contribution in [3.8, 4) is 0 Å². The molecule has 1 amide bonds. The van der Waals surface area contributed by atoms with Gasteiger partial charge in [0.05, 0.1) is 0 Å². The van der Waals surface area contributed by atoms with E-state index >= 15 is 0 Å². The molecule has 0 unspecified atom stereocenters. The van der Waals surface area contributed by atoms with Gasteiger partial charge in [-0.15, -0.1) is 5.57 Å². The van der Waals surface area contributed by atoms with Gasteiger partial charge in [0.25, 0.3) is 0 Å². The molecule has 0 bridgehead atoms. The van der Waals surface area contributed by atoms with Crippen LogP contribution in [0, 0.1) is 12.6 Å². The van der Waals surface area contributed by atoms with E-state index in [4.69, 9.17) is 0 Å². The second-order valence-electron chi connectivity index (χ2n) is 3.40. The van der Waals surface area contributed by atoms with Crippen LogP contribution in [0.15, 0.2) is 53.8 Å². The predicted molar refractivity (Wildman–Crippen MR) is 84.9 cm³/mol. The summed E-state index contributed by atoms with van der Waals surface area (Å²) in [6.07, 6.45) is 3.45. The van der Waals surface area contributed by atoms with Crippen LogP contribution < -0.4 is 5.32 Å². The molecule has 4 nitrogen and oxygen atoms in total. The number of hydrogen-bond donors (Lipinski definition) is 1. The van der Waals surface area contributed by atoms with Crippen LogP contribution in [0.3, 0.4) is 0 Å². The Kier molecular flexibility index (Phi) is 26.9. The molecule has 1 aromatic carbocycles. The second kappa shape index (κ2) is 20.0. The van der Waals surface area contributed by atoms with Gasteiger partial charge in [0.15, 0.2) is 0 Å². The molecule has 0 heterocycles. The van der Waals surface area contributed by atoms with E-state index in [2.05, 4.69) is 29.8 Å². The Hall–Kier alpha value is -0.00948. The van der Waals surface area contributed by atoms with Gasteiger partial charge in [0.1, 0.15) is 5.91 Å². The first-order chi connectivity index (χ1) is 9.67. The van der Waals surface area contributed by atoms with Crippen molar-refractivity contribution < 1.29 is 79.6 Å². The smallest absolute Gasteiger partial charge is 0.130 e. The van der Waals surface area contributed by atoms with E-state index in [1.165, 1.54) is 11.6 Å². The minimum Gasteiger partial charge on any atom is -0.429 e. The van der Waals surface area contributed by atoms with E-state index in [9.17, 15) is 4.79 Å². The van der Waals surface area contributed by atoms with E-state index in [0.29, 0.717) is 5.69 Å². The molecule has 0 aromatic heterocycles. The summed E-state index contributed by atoms with van der Waals surface area (Å²) in [6, 6.07) is 9.88. The molecule has 0 aliphatic rings. The first-order valence-corrected chi connectivity index (χ1v) is 6.36. The van der Waals surface area contributed by atoms with Gasteiger partial charge in [0, 0.05) is 87.8 Å². The van der Waals surface area contributed by atoms with Crippen molar-refractivity contribution in [2.45, 2.75) is 20.8 Å². The Balaban J connectivity index is -0.000000347. The van der Waals surface area contributed by atoms with Crippen LogP contribution in [-0.2, 0) is 79.6 Å². The average Bonchev–Trinajstić information content (AvgIpc) is 2.49. The Morgan fingerprint density at radius 3 is 2.48 bits per heavy atom. The fourth-order valence-corrected chi connectivity index (χ4v) is 1.18. The zero-order valence-corrected chi connectivity index (χ0v) is 22.4. The molecule has 1 radical (unpaired) electrons. The molecular formula is C16H21N3OW2Y-2. The molecular weight excluding hydrogens is 707 g/mol. The van der Waals surface area contributed by atoms with Crippen molar-refractivity contribution in [1.82, 2.24) is 5.01 Å².